The zero-order valence-corrected chi connectivity index (χ0v) is 14.0. The summed E-state index contributed by atoms with van der Waals surface area (Å²) in [6, 6.07) is 4.47. The molecule has 2 aromatic rings. The quantitative estimate of drug-likeness (QED) is 0.744. The van der Waals surface area contributed by atoms with E-state index in [1.165, 1.54) is 27.9 Å². The van der Waals surface area contributed by atoms with Crippen LogP contribution in [-0.4, -0.2) is 9.78 Å². The second kappa shape index (κ2) is 5.61. The molecule has 1 heterocycles. The Balaban J connectivity index is 2.44. The van der Waals surface area contributed by atoms with Gasteiger partial charge in [0.25, 0.3) is 0 Å². The minimum Gasteiger partial charge on any atom is -0.265 e. The summed E-state index contributed by atoms with van der Waals surface area (Å²) in [4.78, 5) is 0. The van der Waals surface area contributed by atoms with E-state index in [0.717, 1.165) is 17.8 Å². The average Bonchev–Trinajstić information content (AvgIpc) is 2.58. The number of alkyl halides is 1. The van der Waals surface area contributed by atoms with Gasteiger partial charge in [-0.3, -0.25) is 4.68 Å². The maximum Gasteiger partial charge on any atom is 0.0667 e. The molecule has 0 bridgehead atoms. The summed E-state index contributed by atoms with van der Waals surface area (Å²) in [5.41, 5.74) is 8.69. The fourth-order valence-electron chi connectivity index (χ4n) is 3.05. The van der Waals surface area contributed by atoms with Crippen LogP contribution in [0.3, 0.4) is 0 Å². The summed E-state index contributed by atoms with van der Waals surface area (Å²) in [5.74, 6) is 0. The maximum atomic E-state index is 6.26. The van der Waals surface area contributed by atoms with Gasteiger partial charge in [-0.15, -0.1) is 11.6 Å². The van der Waals surface area contributed by atoms with Crippen LogP contribution in [0.4, 0.5) is 0 Å². The molecule has 1 aromatic heterocycles. The molecule has 0 saturated carbocycles. The minimum atomic E-state index is 0.00367. The van der Waals surface area contributed by atoms with E-state index in [4.69, 9.17) is 11.6 Å². The molecule has 1 unspecified atom stereocenters. The lowest BCUT2D eigenvalue weighted by Gasteiger charge is -2.13. The van der Waals surface area contributed by atoms with E-state index in [1.54, 1.807) is 0 Å². The third-order valence-electron chi connectivity index (χ3n) is 3.98. The van der Waals surface area contributed by atoms with Gasteiger partial charge in [0.05, 0.1) is 17.6 Å². The molecule has 0 spiro atoms. The van der Waals surface area contributed by atoms with Gasteiger partial charge in [0.2, 0.25) is 0 Å². The topological polar surface area (TPSA) is 17.8 Å². The van der Waals surface area contributed by atoms with Crippen molar-refractivity contribution in [3.8, 4) is 0 Å². The van der Waals surface area contributed by atoms with E-state index >= 15 is 0 Å². The van der Waals surface area contributed by atoms with Crippen molar-refractivity contribution in [2.24, 2.45) is 0 Å². The van der Waals surface area contributed by atoms with Crippen LogP contribution in [0.15, 0.2) is 12.1 Å². The maximum absolute atomic E-state index is 6.26. The van der Waals surface area contributed by atoms with E-state index in [0.29, 0.717) is 0 Å². The first kappa shape index (κ1) is 15.1. The molecule has 108 valence electrons. The van der Waals surface area contributed by atoms with Crippen LogP contribution in [0.2, 0.25) is 0 Å². The Morgan fingerprint density at radius 3 is 2.10 bits per heavy atom. The van der Waals surface area contributed by atoms with Gasteiger partial charge in [0.1, 0.15) is 0 Å². The largest absolute Gasteiger partial charge is 0.265 e. The van der Waals surface area contributed by atoms with Crippen LogP contribution in [0, 0.1) is 34.6 Å². The normalized spacial score (nSPS) is 12.8. The zero-order chi connectivity index (χ0) is 15.0. The van der Waals surface area contributed by atoms with Crippen molar-refractivity contribution in [3.05, 3.63) is 51.3 Å². The predicted octanol–water partition coefficient (Wildman–Crippen LogP) is 4.77. The first-order chi connectivity index (χ1) is 9.31. The van der Waals surface area contributed by atoms with Crippen molar-refractivity contribution >= 4 is 11.6 Å². The number of halogens is 1. The smallest absolute Gasteiger partial charge is 0.0667 e. The van der Waals surface area contributed by atoms with E-state index in [9.17, 15) is 0 Å². The highest BCUT2D eigenvalue weighted by Crippen LogP contribution is 2.27. The lowest BCUT2D eigenvalue weighted by Crippen LogP contribution is -2.08. The lowest BCUT2D eigenvalue weighted by molar-refractivity contribution is 0.653. The number of hydrogen-bond acceptors (Lipinski definition) is 1. The first-order valence-electron chi connectivity index (χ1n) is 7.06. The Morgan fingerprint density at radius 2 is 1.65 bits per heavy atom. The van der Waals surface area contributed by atoms with Crippen molar-refractivity contribution in [2.45, 2.75) is 53.5 Å². The first-order valence-corrected chi connectivity index (χ1v) is 7.49. The Kier molecular flexibility index (Phi) is 4.24. The number of benzene rings is 1. The third-order valence-corrected chi connectivity index (χ3v) is 4.20. The number of nitrogens with zero attached hydrogens (tertiary/aromatic N) is 2. The molecule has 0 fully saturated rings. The molecule has 0 aliphatic rings. The van der Waals surface area contributed by atoms with Crippen LogP contribution in [0.1, 0.15) is 51.5 Å². The number of aryl methyl sites for hydroxylation is 4. The molecule has 0 aliphatic carbocycles. The molecule has 1 atom stereocenters. The minimum absolute atomic E-state index is 0.00367. The van der Waals surface area contributed by atoms with Crippen molar-refractivity contribution < 1.29 is 0 Å². The molecule has 20 heavy (non-hydrogen) atoms. The fourth-order valence-corrected chi connectivity index (χ4v) is 3.37. The fraction of sp³-hybridized carbons (Fsp3) is 0.471. The van der Waals surface area contributed by atoms with Gasteiger partial charge in [0.15, 0.2) is 0 Å². The van der Waals surface area contributed by atoms with Gasteiger partial charge < -0.3 is 0 Å². The van der Waals surface area contributed by atoms with Crippen molar-refractivity contribution in [2.75, 3.05) is 0 Å². The Morgan fingerprint density at radius 1 is 1.10 bits per heavy atom. The molecule has 0 amide bonds. The van der Waals surface area contributed by atoms with Gasteiger partial charge in [-0.05, 0) is 58.2 Å². The molecule has 0 aliphatic heterocycles. The third kappa shape index (κ3) is 2.76. The second-order valence-electron chi connectivity index (χ2n) is 5.74. The molecular formula is C17H23ClN2. The molecular weight excluding hydrogens is 268 g/mol. The van der Waals surface area contributed by atoms with Crippen LogP contribution in [-0.2, 0) is 6.54 Å². The van der Waals surface area contributed by atoms with E-state index in [1.807, 2.05) is 13.8 Å². The average molecular weight is 291 g/mol. The zero-order valence-electron chi connectivity index (χ0n) is 13.2. The van der Waals surface area contributed by atoms with E-state index < -0.39 is 0 Å². The monoisotopic (exact) mass is 290 g/mol. The molecule has 0 N–H and O–H groups in total. The Labute approximate surface area is 126 Å². The van der Waals surface area contributed by atoms with Gasteiger partial charge in [-0.25, -0.2) is 0 Å². The molecule has 3 heteroatoms. The summed E-state index contributed by atoms with van der Waals surface area (Å²) in [6.45, 7) is 13.4. The Hall–Kier alpha value is -1.28. The van der Waals surface area contributed by atoms with Crippen molar-refractivity contribution in [1.29, 1.82) is 0 Å². The van der Waals surface area contributed by atoms with Crippen molar-refractivity contribution in [3.63, 3.8) is 0 Å². The standard InChI is InChI=1S/C17H23ClN2/c1-10-7-11(2)16(12(3)8-10)9-20-15(6)17(13(4)18)14(5)19-20/h7-8,13H,9H2,1-6H3. The molecule has 2 nitrogen and oxygen atoms in total. The van der Waals surface area contributed by atoms with Gasteiger partial charge >= 0.3 is 0 Å². The summed E-state index contributed by atoms with van der Waals surface area (Å²) in [7, 11) is 0. The van der Waals surface area contributed by atoms with Crippen LogP contribution >= 0.6 is 11.6 Å². The number of hydrogen-bond donors (Lipinski definition) is 0. The SMILES string of the molecule is Cc1cc(C)c(Cn2nc(C)c(C(C)Cl)c2C)c(C)c1. The predicted molar refractivity (Wildman–Crippen MR) is 85.7 cm³/mol. The number of rotatable bonds is 3. The van der Waals surface area contributed by atoms with E-state index in [-0.39, 0.29) is 5.38 Å². The van der Waals surface area contributed by atoms with Gasteiger partial charge in [-0.1, -0.05) is 17.7 Å². The highest BCUT2D eigenvalue weighted by molar-refractivity contribution is 6.20. The van der Waals surface area contributed by atoms with Crippen LogP contribution in [0.25, 0.3) is 0 Å². The summed E-state index contributed by atoms with van der Waals surface area (Å²) in [5, 5.41) is 4.67. The van der Waals surface area contributed by atoms with Gasteiger partial charge in [-0.2, -0.15) is 5.10 Å². The summed E-state index contributed by atoms with van der Waals surface area (Å²) >= 11 is 6.26. The number of aromatic nitrogens is 2. The highest BCUT2D eigenvalue weighted by atomic mass is 35.5. The van der Waals surface area contributed by atoms with E-state index in [2.05, 4.69) is 49.6 Å². The molecule has 0 saturated heterocycles. The Bertz CT molecular complexity index is 616. The summed E-state index contributed by atoms with van der Waals surface area (Å²) < 4.78 is 2.08. The van der Waals surface area contributed by atoms with Crippen LogP contribution in [0.5, 0.6) is 0 Å². The molecule has 0 radical (unpaired) electrons. The van der Waals surface area contributed by atoms with Crippen LogP contribution < -0.4 is 0 Å². The summed E-state index contributed by atoms with van der Waals surface area (Å²) in [6.07, 6.45) is 0. The highest BCUT2D eigenvalue weighted by Gasteiger charge is 2.16. The second-order valence-corrected chi connectivity index (χ2v) is 6.39. The van der Waals surface area contributed by atoms with Crippen molar-refractivity contribution in [1.82, 2.24) is 9.78 Å². The van der Waals surface area contributed by atoms with Gasteiger partial charge in [0, 0.05) is 11.3 Å². The lowest BCUT2D eigenvalue weighted by atomic mass is 10.00. The molecule has 2 rings (SSSR count). The molecule has 1 aromatic carbocycles.